The van der Waals surface area contributed by atoms with Gasteiger partial charge in [0.05, 0.1) is 17.8 Å². The topological polar surface area (TPSA) is 57.2 Å². The Morgan fingerprint density at radius 2 is 1.83 bits per heavy atom. The molecule has 0 aromatic carbocycles. The summed E-state index contributed by atoms with van der Waals surface area (Å²) in [6.45, 7) is 17.4. The lowest BCUT2D eigenvalue weighted by Gasteiger charge is -2.36. The maximum Gasteiger partial charge on any atom is 0.498 e. The highest BCUT2D eigenvalue weighted by Gasteiger charge is 2.54. The molecule has 168 valence electrons. The van der Waals surface area contributed by atoms with Crippen molar-refractivity contribution < 1.29 is 23.6 Å². The molecule has 6 nitrogen and oxygen atoms in total. The van der Waals surface area contributed by atoms with Crippen molar-refractivity contribution in [3.05, 3.63) is 22.9 Å². The van der Waals surface area contributed by atoms with Crippen LogP contribution in [0.3, 0.4) is 0 Å². The summed E-state index contributed by atoms with van der Waals surface area (Å²) in [4.78, 5) is 14.2. The van der Waals surface area contributed by atoms with E-state index in [-0.39, 0.29) is 12.0 Å². The van der Waals surface area contributed by atoms with Gasteiger partial charge in [-0.1, -0.05) is 13.0 Å². The van der Waals surface area contributed by atoms with Crippen LogP contribution in [0.25, 0.3) is 0 Å². The smallest absolute Gasteiger partial charge is 0.494 e. The summed E-state index contributed by atoms with van der Waals surface area (Å²) in [6, 6.07) is 0. The summed E-state index contributed by atoms with van der Waals surface area (Å²) >= 11 is 0. The van der Waals surface area contributed by atoms with E-state index < -0.39 is 23.9 Å². The average molecular weight is 419 g/mol. The Morgan fingerprint density at radius 1 is 1.23 bits per heavy atom. The summed E-state index contributed by atoms with van der Waals surface area (Å²) in [5.41, 5.74) is 0.955. The fourth-order valence-corrected chi connectivity index (χ4v) is 4.17. The molecule has 2 aliphatic heterocycles. The minimum Gasteiger partial charge on any atom is -0.494 e. The summed E-state index contributed by atoms with van der Waals surface area (Å²) < 4.78 is 24.3. The molecule has 2 heterocycles. The zero-order valence-corrected chi connectivity index (χ0v) is 20.1. The number of hydrogen-bond acceptors (Lipinski definition) is 5. The number of rotatable bonds is 3. The highest BCUT2D eigenvalue weighted by molar-refractivity contribution is 6.56. The number of ether oxygens (including phenoxy) is 2. The van der Waals surface area contributed by atoms with E-state index in [9.17, 15) is 4.79 Å². The van der Waals surface area contributed by atoms with E-state index in [1.165, 1.54) is 5.57 Å². The minimum atomic E-state index is -0.503. The average Bonchev–Trinajstić information content (AvgIpc) is 2.80. The number of amides is 1. The maximum absolute atomic E-state index is 12.5. The summed E-state index contributed by atoms with van der Waals surface area (Å²) in [7, 11) is 1.37. The summed E-state index contributed by atoms with van der Waals surface area (Å²) in [5, 5.41) is 0. The number of hydrogen-bond donors (Lipinski definition) is 0. The van der Waals surface area contributed by atoms with Crippen LogP contribution < -0.4 is 0 Å². The van der Waals surface area contributed by atoms with Crippen molar-refractivity contribution in [3.8, 4) is 0 Å². The van der Waals surface area contributed by atoms with Crippen molar-refractivity contribution >= 4 is 13.2 Å². The third-order valence-corrected chi connectivity index (χ3v) is 6.47. The third kappa shape index (κ3) is 4.72. The van der Waals surface area contributed by atoms with Gasteiger partial charge in [-0.3, -0.25) is 0 Å². The van der Waals surface area contributed by atoms with E-state index in [0.717, 1.165) is 24.1 Å². The first-order chi connectivity index (χ1) is 13.7. The first-order valence-corrected chi connectivity index (χ1v) is 11.1. The van der Waals surface area contributed by atoms with Gasteiger partial charge in [0.25, 0.3) is 0 Å². The van der Waals surface area contributed by atoms with Crippen LogP contribution in [0.2, 0.25) is 0 Å². The molecule has 3 rings (SSSR count). The second kappa shape index (κ2) is 7.90. The molecule has 1 unspecified atom stereocenters. The van der Waals surface area contributed by atoms with E-state index in [4.69, 9.17) is 18.8 Å². The molecule has 2 atom stereocenters. The quantitative estimate of drug-likeness (QED) is 0.619. The van der Waals surface area contributed by atoms with Crippen molar-refractivity contribution in [1.29, 1.82) is 0 Å². The Balaban J connectivity index is 1.82. The Hall–Kier alpha value is -1.47. The van der Waals surface area contributed by atoms with Crippen molar-refractivity contribution in [1.82, 2.24) is 4.90 Å². The van der Waals surface area contributed by atoms with E-state index >= 15 is 0 Å². The molecule has 3 aliphatic rings. The van der Waals surface area contributed by atoms with Crippen molar-refractivity contribution in [3.63, 3.8) is 0 Å². The Morgan fingerprint density at radius 3 is 2.40 bits per heavy atom. The lowest BCUT2D eigenvalue weighted by Crippen LogP contribution is -2.41. The highest BCUT2D eigenvalue weighted by atomic mass is 16.7. The molecule has 1 aliphatic carbocycles. The van der Waals surface area contributed by atoms with Crippen molar-refractivity contribution in [2.45, 2.75) is 85.0 Å². The van der Waals surface area contributed by atoms with Gasteiger partial charge in [-0.2, -0.15) is 0 Å². The normalized spacial score (nSPS) is 27.9. The molecule has 1 saturated heterocycles. The maximum atomic E-state index is 12.5. The van der Waals surface area contributed by atoms with Crippen LogP contribution in [0, 0.1) is 11.8 Å². The molecule has 7 heteroatoms. The van der Waals surface area contributed by atoms with Gasteiger partial charge in [0.15, 0.2) is 0 Å². The lowest BCUT2D eigenvalue weighted by molar-refractivity contribution is 0.00578. The van der Waals surface area contributed by atoms with Gasteiger partial charge in [-0.05, 0) is 72.8 Å². The van der Waals surface area contributed by atoms with Gasteiger partial charge < -0.3 is 23.7 Å². The van der Waals surface area contributed by atoms with Crippen LogP contribution in [-0.4, -0.2) is 55.1 Å². The molecule has 0 bridgehead atoms. The lowest BCUT2D eigenvalue weighted by atomic mass is 9.68. The Bertz CT molecular complexity index is 733. The number of allylic oxidation sites excluding steroid dienone is 2. The third-order valence-electron chi connectivity index (χ3n) is 6.47. The first-order valence-electron chi connectivity index (χ1n) is 11.1. The van der Waals surface area contributed by atoms with Gasteiger partial charge in [-0.25, -0.2) is 4.79 Å². The Labute approximate surface area is 182 Å². The van der Waals surface area contributed by atoms with Crippen molar-refractivity contribution in [2.75, 3.05) is 20.2 Å². The molecule has 0 spiro atoms. The number of carbonyl (C=O) groups excluding carboxylic acids is 1. The zero-order valence-electron chi connectivity index (χ0n) is 20.1. The second-order valence-corrected chi connectivity index (χ2v) is 10.9. The van der Waals surface area contributed by atoms with Gasteiger partial charge in [0.1, 0.15) is 11.4 Å². The number of carbonyl (C=O) groups is 1. The molecule has 30 heavy (non-hydrogen) atoms. The monoisotopic (exact) mass is 419 g/mol. The van der Waals surface area contributed by atoms with Gasteiger partial charge in [0.2, 0.25) is 0 Å². The highest BCUT2D eigenvalue weighted by Crippen LogP contribution is 2.45. The SMILES string of the molecule is CC1C=C(B2OC(C)(C)C(C)(C)O2)C2=C(C1)[C@H](CN(C)C(=O)OC(C)(C)C)CCO2. The fraction of sp³-hybridized carbons (Fsp3) is 0.783. The van der Waals surface area contributed by atoms with Crippen LogP contribution >= 0.6 is 0 Å². The first kappa shape index (κ1) is 23.2. The van der Waals surface area contributed by atoms with Crippen LogP contribution in [0.5, 0.6) is 0 Å². The van der Waals surface area contributed by atoms with Crippen LogP contribution in [0.1, 0.15) is 68.2 Å². The van der Waals surface area contributed by atoms with E-state index in [1.54, 1.807) is 11.9 Å². The predicted octanol–water partition coefficient (Wildman–Crippen LogP) is 4.74. The largest absolute Gasteiger partial charge is 0.498 e. The van der Waals surface area contributed by atoms with E-state index in [2.05, 4.69) is 40.7 Å². The molecular weight excluding hydrogens is 381 g/mol. The fourth-order valence-electron chi connectivity index (χ4n) is 4.17. The minimum absolute atomic E-state index is 0.236. The van der Waals surface area contributed by atoms with Gasteiger partial charge in [0, 0.05) is 25.0 Å². The molecule has 0 aromatic rings. The zero-order chi connectivity index (χ0) is 22.5. The molecule has 0 radical (unpaired) electrons. The number of nitrogens with zero attached hydrogens (tertiary/aromatic N) is 1. The van der Waals surface area contributed by atoms with E-state index in [1.807, 2.05) is 20.8 Å². The van der Waals surface area contributed by atoms with Crippen LogP contribution in [-0.2, 0) is 18.8 Å². The van der Waals surface area contributed by atoms with Crippen LogP contribution in [0.15, 0.2) is 22.9 Å². The standard InChI is InChI=1S/C23H38BNO5/c1-15-12-17-16(14-25(9)20(26)28-21(2,3)4)10-11-27-19(17)18(13-15)24-29-22(5,6)23(7,8)30-24/h13,15-16H,10-12,14H2,1-9H3/t15?,16-/m0/s1. The molecule has 0 aromatic heterocycles. The van der Waals surface area contributed by atoms with Crippen molar-refractivity contribution in [2.24, 2.45) is 11.8 Å². The molecule has 1 amide bonds. The van der Waals surface area contributed by atoms with Gasteiger partial charge >= 0.3 is 13.2 Å². The molecule has 0 saturated carbocycles. The Kier molecular flexibility index (Phi) is 6.11. The van der Waals surface area contributed by atoms with Crippen LogP contribution in [0.4, 0.5) is 4.79 Å². The molecule has 1 fully saturated rings. The predicted molar refractivity (Wildman–Crippen MR) is 118 cm³/mol. The summed E-state index contributed by atoms with van der Waals surface area (Å²) in [6.07, 6.45) is 3.74. The molecule has 0 N–H and O–H groups in total. The van der Waals surface area contributed by atoms with Gasteiger partial charge in [-0.15, -0.1) is 0 Å². The van der Waals surface area contributed by atoms with E-state index in [0.29, 0.717) is 19.1 Å². The summed E-state index contributed by atoms with van der Waals surface area (Å²) in [5.74, 6) is 1.49. The second-order valence-electron chi connectivity index (χ2n) is 10.9. The molecular formula is C23H38BNO5.